The molecule has 6 nitrogen and oxygen atoms in total. The van der Waals surface area contributed by atoms with Crippen molar-refractivity contribution in [3.05, 3.63) is 34.9 Å². The van der Waals surface area contributed by atoms with E-state index >= 15 is 0 Å². The number of ether oxygens (including phenoxy) is 1. The second kappa shape index (κ2) is 6.27. The molecule has 1 saturated heterocycles. The van der Waals surface area contributed by atoms with Gasteiger partial charge in [0.25, 0.3) is 11.8 Å². The number of aromatic nitrogens is 2. The molecule has 27 heavy (non-hydrogen) atoms. The third-order valence-electron chi connectivity index (χ3n) is 5.29. The number of nitrogens with zero attached hydrogens (tertiary/aromatic N) is 3. The molecule has 0 aromatic carbocycles. The standard InChI is InChI=1S/C18H18F2N4O2S/c19-18(20)3-4-24(9-18)8-12-11-2-1-5-26-14-13(11)16(17(25)23-12)27-15(14)10-6-21-22-7-10/h6-7,16H,1-5,8-9H2,(H,21,22). The van der Waals surface area contributed by atoms with Gasteiger partial charge in [-0.05, 0) is 18.4 Å². The van der Waals surface area contributed by atoms with Gasteiger partial charge in [-0.25, -0.2) is 13.8 Å². The lowest BCUT2D eigenvalue weighted by Gasteiger charge is -2.24. The highest BCUT2D eigenvalue weighted by Crippen LogP contribution is 2.51. The molecule has 142 valence electrons. The summed E-state index contributed by atoms with van der Waals surface area (Å²) in [6.45, 7) is 0.882. The van der Waals surface area contributed by atoms with Crippen molar-refractivity contribution in [1.29, 1.82) is 0 Å². The van der Waals surface area contributed by atoms with Gasteiger partial charge in [0.2, 0.25) is 0 Å². The number of nitrogens with one attached hydrogen (secondary N) is 1. The summed E-state index contributed by atoms with van der Waals surface area (Å²) in [5.74, 6) is -2.16. The zero-order chi connectivity index (χ0) is 18.6. The Balaban J connectivity index is 1.53. The summed E-state index contributed by atoms with van der Waals surface area (Å²) in [7, 11) is 0. The fraction of sp³-hybridized carbons (Fsp3) is 0.500. The lowest BCUT2D eigenvalue weighted by molar-refractivity contribution is -0.116. The first-order chi connectivity index (χ1) is 13.0. The molecule has 5 heterocycles. The number of hydrogen-bond donors (Lipinski definition) is 1. The Morgan fingerprint density at radius 2 is 2.33 bits per heavy atom. The number of halogens is 2. The maximum Gasteiger partial charge on any atom is 0.264 e. The Labute approximate surface area is 158 Å². The molecule has 5 rings (SSSR count). The third kappa shape index (κ3) is 2.93. The van der Waals surface area contributed by atoms with E-state index in [1.54, 1.807) is 17.3 Å². The lowest BCUT2D eigenvalue weighted by Crippen LogP contribution is -2.35. The Hall–Kier alpha value is -2.00. The highest BCUT2D eigenvalue weighted by atomic mass is 32.2. The molecule has 9 heteroatoms. The molecule has 0 bridgehead atoms. The predicted molar refractivity (Wildman–Crippen MR) is 97.5 cm³/mol. The van der Waals surface area contributed by atoms with Gasteiger partial charge >= 0.3 is 0 Å². The van der Waals surface area contributed by atoms with Crippen LogP contribution in [0.5, 0.6) is 0 Å². The normalized spacial score (nSPS) is 27.6. The van der Waals surface area contributed by atoms with Crippen molar-refractivity contribution in [2.75, 3.05) is 26.2 Å². The van der Waals surface area contributed by atoms with Gasteiger partial charge in [-0.2, -0.15) is 5.10 Å². The van der Waals surface area contributed by atoms with Gasteiger partial charge in [0.1, 0.15) is 11.0 Å². The average Bonchev–Trinajstić information content (AvgIpc) is 3.30. The molecule has 1 N–H and O–H groups in total. The molecule has 1 atom stereocenters. The minimum Gasteiger partial charge on any atom is -0.492 e. The zero-order valence-corrected chi connectivity index (χ0v) is 15.3. The first kappa shape index (κ1) is 17.1. The van der Waals surface area contributed by atoms with Crippen molar-refractivity contribution in [3.8, 4) is 0 Å². The number of allylic oxidation sites excluding steroid dienone is 1. The molecule has 0 aliphatic carbocycles. The largest absolute Gasteiger partial charge is 0.492 e. The summed E-state index contributed by atoms with van der Waals surface area (Å²) in [5.41, 5.74) is 3.38. The van der Waals surface area contributed by atoms with Crippen molar-refractivity contribution >= 4 is 28.3 Å². The Morgan fingerprint density at radius 3 is 3.07 bits per heavy atom. The SMILES string of the molecule is O=C1N=C(CN2CCC(F)(F)C2)C2=C3C(=C(c4cn[nH]c4)SC13)OCCC2. The number of H-pyrrole nitrogens is 1. The number of carbonyl (C=O) groups excluding carboxylic acids is 1. The molecule has 0 saturated carbocycles. The number of thioether (sulfide) groups is 1. The Kier molecular flexibility index (Phi) is 3.98. The fourth-order valence-corrected chi connectivity index (χ4v) is 5.34. The molecule has 1 fully saturated rings. The van der Waals surface area contributed by atoms with Crippen molar-refractivity contribution in [3.63, 3.8) is 0 Å². The van der Waals surface area contributed by atoms with Crippen LogP contribution in [0.4, 0.5) is 8.78 Å². The first-order valence-electron chi connectivity index (χ1n) is 9.00. The van der Waals surface area contributed by atoms with Crippen molar-refractivity contribution < 1.29 is 18.3 Å². The van der Waals surface area contributed by atoms with Crippen LogP contribution in [-0.4, -0.2) is 64.1 Å². The van der Waals surface area contributed by atoms with Gasteiger partial charge in [0.05, 0.1) is 30.0 Å². The number of carbonyl (C=O) groups is 1. The first-order valence-corrected chi connectivity index (χ1v) is 9.88. The van der Waals surface area contributed by atoms with Crippen LogP contribution in [0.2, 0.25) is 0 Å². The molecule has 4 aliphatic heterocycles. The van der Waals surface area contributed by atoms with Crippen LogP contribution in [0.1, 0.15) is 24.8 Å². The van der Waals surface area contributed by atoms with E-state index < -0.39 is 11.2 Å². The molecule has 1 aromatic rings. The number of dihydropyridines is 1. The summed E-state index contributed by atoms with van der Waals surface area (Å²) in [6, 6.07) is 0. The van der Waals surface area contributed by atoms with Crippen LogP contribution in [0.15, 0.2) is 34.3 Å². The summed E-state index contributed by atoms with van der Waals surface area (Å²) < 4.78 is 33.1. The molecular weight excluding hydrogens is 374 g/mol. The Morgan fingerprint density at radius 1 is 1.44 bits per heavy atom. The van der Waals surface area contributed by atoms with E-state index in [9.17, 15) is 13.6 Å². The maximum absolute atomic E-state index is 13.6. The number of hydrogen-bond acceptors (Lipinski definition) is 5. The average molecular weight is 392 g/mol. The van der Waals surface area contributed by atoms with E-state index in [4.69, 9.17) is 4.74 Å². The summed E-state index contributed by atoms with van der Waals surface area (Å²) in [4.78, 5) is 19.6. The molecule has 1 aromatic heterocycles. The van der Waals surface area contributed by atoms with Crippen LogP contribution < -0.4 is 0 Å². The van der Waals surface area contributed by atoms with Gasteiger partial charge in [0, 0.05) is 36.8 Å². The molecule has 4 aliphatic rings. The molecule has 1 amide bonds. The minimum absolute atomic E-state index is 0.141. The Bertz CT molecular complexity index is 891. The van der Waals surface area contributed by atoms with Gasteiger partial charge in [-0.15, -0.1) is 11.8 Å². The zero-order valence-electron chi connectivity index (χ0n) is 14.5. The number of alkyl halides is 2. The van der Waals surface area contributed by atoms with Crippen LogP contribution in [0.3, 0.4) is 0 Å². The van der Waals surface area contributed by atoms with Gasteiger partial charge < -0.3 is 4.74 Å². The lowest BCUT2D eigenvalue weighted by atomic mass is 9.92. The second-order valence-electron chi connectivity index (χ2n) is 7.20. The van der Waals surface area contributed by atoms with Crippen molar-refractivity contribution in [2.45, 2.75) is 30.4 Å². The van der Waals surface area contributed by atoms with Gasteiger partial charge in [-0.3, -0.25) is 14.8 Å². The van der Waals surface area contributed by atoms with E-state index in [2.05, 4.69) is 15.2 Å². The molecule has 0 radical (unpaired) electrons. The minimum atomic E-state index is -2.66. The number of amides is 1. The number of likely N-dealkylation sites (tertiary alicyclic amines) is 1. The summed E-state index contributed by atoms with van der Waals surface area (Å²) in [5, 5.41) is 6.37. The maximum atomic E-state index is 13.6. The number of aliphatic imine (C=N–C) groups is 1. The van der Waals surface area contributed by atoms with E-state index in [0.717, 1.165) is 40.2 Å². The summed E-state index contributed by atoms with van der Waals surface area (Å²) in [6.07, 6.45) is 4.89. The van der Waals surface area contributed by atoms with Crippen molar-refractivity contribution in [1.82, 2.24) is 15.1 Å². The second-order valence-corrected chi connectivity index (χ2v) is 8.32. The molecule has 1 unspecified atom stereocenters. The topological polar surface area (TPSA) is 70.6 Å². The van der Waals surface area contributed by atoms with Crippen LogP contribution >= 0.6 is 11.8 Å². The molecular formula is C18H18F2N4O2S. The van der Waals surface area contributed by atoms with Crippen LogP contribution in [0.25, 0.3) is 4.91 Å². The van der Waals surface area contributed by atoms with E-state index in [1.165, 1.54) is 11.8 Å². The molecule has 0 spiro atoms. The van der Waals surface area contributed by atoms with Crippen LogP contribution in [-0.2, 0) is 9.53 Å². The highest BCUT2D eigenvalue weighted by Gasteiger charge is 2.45. The third-order valence-corrected chi connectivity index (χ3v) is 6.62. The number of aromatic amines is 1. The van der Waals surface area contributed by atoms with E-state index in [-0.39, 0.29) is 25.4 Å². The monoisotopic (exact) mass is 392 g/mol. The number of rotatable bonds is 3. The van der Waals surface area contributed by atoms with E-state index in [0.29, 0.717) is 18.9 Å². The van der Waals surface area contributed by atoms with Gasteiger partial charge in [-0.1, -0.05) is 0 Å². The highest BCUT2D eigenvalue weighted by molar-refractivity contribution is 8.10. The van der Waals surface area contributed by atoms with E-state index in [1.807, 2.05) is 0 Å². The quantitative estimate of drug-likeness (QED) is 0.856. The van der Waals surface area contributed by atoms with Crippen LogP contribution in [0, 0.1) is 0 Å². The predicted octanol–water partition coefficient (Wildman–Crippen LogP) is 2.62. The summed E-state index contributed by atoms with van der Waals surface area (Å²) >= 11 is 1.44. The smallest absolute Gasteiger partial charge is 0.264 e. The van der Waals surface area contributed by atoms with Crippen molar-refractivity contribution in [2.24, 2.45) is 4.99 Å². The fourth-order valence-electron chi connectivity index (χ4n) is 4.06. The van der Waals surface area contributed by atoms with Gasteiger partial charge in [0.15, 0.2) is 0 Å².